The van der Waals surface area contributed by atoms with E-state index in [-0.39, 0.29) is 6.04 Å². The van der Waals surface area contributed by atoms with E-state index in [0.717, 1.165) is 17.7 Å². The quantitative estimate of drug-likeness (QED) is 0.896. The van der Waals surface area contributed by atoms with Crippen LogP contribution in [-0.4, -0.2) is 12.1 Å². The van der Waals surface area contributed by atoms with Crippen LogP contribution in [-0.2, 0) is 6.54 Å². The van der Waals surface area contributed by atoms with Crippen molar-refractivity contribution in [2.45, 2.75) is 19.5 Å². The largest absolute Gasteiger partial charge is 0.481 e. The SMILES string of the molecule is COc1cc(CNC(C)c2ccc(Cl)c(Cl)c2)ccn1. The Balaban J connectivity index is 2.00. The molecule has 1 unspecified atom stereocenters. The molecule has 0 radical (unpaired) electrons. The monoisotopic (exact) mass is 310 g/mol. The fourth-order valence-corrected chi connectivity index (χ4v) is 2.15. The molecule has 0 spiro atoms. The minimum atomic E-state index is 0.170. The molecule has 0 saturated heterocycles. The van der Waals surface area contributed by atoms with Crippen molar-refractivity contribution in [3.63, 3.8) is 0 Å². The first-order valence-corrected chi connectivity index (χ1v) is 7.03. The summed E-state index contributed by atoms with van der Waals surface area (Å²) in [5, 5.41) is 4.57. The molecule has 1 aromatic heterocycles. The third-order valence-corrected chi connectivity index (χ3v) is 3.80. The number of nitrogens with one attached hydrogen (secondary N) is 1. The summed E-state index contributed by atoms with van der Waals surface area (Å²) >= 11 is 11.9. The molecule has 2 aromatic rings. The molecule has 1 N–H and O–H groups in total. The van der Waals surface area contributed by atoms with Crippen molar-refractivity contribution < 1.29 is 4.74 Å². The van der Waals surface area contributed by atoms with E-state index in [9.17, 15) is 0 Å². The first-order chi connectivity index (χ1) is 9.60. The number of aromatic nitrogens is 1. The average molecular weight is 311 g/mol. The molecule has 3 nitrogen and oxygen atoms in total. The average Bonchev–Trinajstić information content (AvgIpc) is 2.47. The molecule has 1 atom stereocenters. The molecule has 1 aromatic carbocycles. The number of hydrogen-bond acceptors (Lipinski definition) is 3. The first-order valence-electron chi connectivity index (χ1n) is 6.27. The van der Waals surface area contributed by atoms with Gasteiger partial charge in [0.25, 0.3) is 0 Å². The Morgan fingerprint density at radius 1 is 1.20 bits per heavy atom. The van der Waals surface area contributed by atoms with Crippen molar-refractivity contribution in [1.29, 1.82) is 0 Å². The van der Waals surface area contributed by atoms with E-state index in [1.54, 1.807) is 13.3 Å². The van der Waals surface area contributed by atoms with Gasteiger partial charge in [0.2, 0.25) is 5.88 Å². The molecule has 0 aliphatic heterocycles. The van der Waals surface area contributed by atoms with Gasteiger partial charge in [-0.25, -0.2) is 4.98 Å². The zero-order chi connectivity index (χ0) is 14.5. The van der Waals surface area contributed by atoms with Crippen LogP contribution in [0.2, 0.25) is 10.0 Å². The van der Waals surface area contributed by atoms with Gasteiger partial charge in [-0.1, -0.05) is 29.3 Å². The van der Waals surface area contributed by atoms with Crippen molar-refractivity contribution in [3.05, 3.63) is 57.7 Å². The molecular formula is C15H16Cl2N2O. The van der Waals surface area contributed by atoms with Gasteiger partial charge < -0.3 is 10.1 Å². The number of rotatable bonds is 5. The van der Waals surface area contributed by atoms with Crippen molar-refractivity contribution in [2.24, 2.45) is 0 Å². The van der Waals surface area contributed by atoms with E-state index in [2.05, 4.69) is 17.2 Å². The second kappa shape index (κ2) is 6.93. The van der Waals surface area contributed by atoms with Gasteiger partial charge in [-0.3, -0.25) is 0 Å². The number of pyridine rings is 1. The van der Waals surface area contributed by atoms with Gasteiger partial charge in [0.1, 0.15) is 0 Å². The van der Waals surface area contributed by atoms with Crippen LogP contribution in [0.1, 0.15) is 24.1 Å². The van der Waals surface area contributed by atoms with E-state index in [4.69, 9.17) is 27.9 Å². The van der Waals surface area contributed by atoms with Crippen LogP contribution in [0.3, 0.4) is 0 Å². The Bertz CT molecular complexity index is 590. The fraction of sp³-hybridized carbons (Fsp3) is 0.267. The smallest absolute Gasteiger partial charge is 0.213 e. The number of methoxy groups -OCH3 is 1. The third kappa shape index (κ3) is 3.85. The summed E-state index contributed by atoms with van der Waals surface area (Å²) in [6.07, 6.45) is 1.74. The molecule has 0 aliphatic rings. The molecule has 0 fully saturated rings. The highest BCUT2D eigenvalue weighted by molar-refractivity contribution is 6.42. The van der Waals surface area contributed by atoms with Gasteiger partial charge in [0.05, 0.1) is 17.2 Å². The second-order valence-electron chi connectivity index (χ2n) is 4.48. The van der Waals surface area contributed by atoms with E-state index in [1.807, 2.05) is 30.3 Å². The zero-order valence-electron chi connectivity index (χ0n) is 11.4. The Morgan fingerprint density at radius 2 is 2.00 bits per heavy atom. The summed E-state index contributed by atoms with van der Waals surface area (Å²) in [6.45, 7) is 2.80. The summed E-state index contributed by atoms with van der Waals surface area (Å²) < 4.78 is 5.10. The number of nitrogens with zero attached hydrogens (tertiary/aromatic N) is 1. The number of hydrogen-bond donors (Lipinski definition) is 1. The number of ether oxygens (including phenoxy) is 1. The molecular weight excluding hydrogens is 295 g/mol. The second-order valence-corrected chi connectivity index (χ2v) is 5.30. The molecule has 0 saturated carbocycles. The Hall–Kier alpha value is -1.29. The molecule has 0 aliphatic carbocycles. The molecule has 0 amide bonds. The Labute approximate surface area is 128 Å². The summed E-state index contributed by atoms with van der Waals surface area (Å²) in [5.41, 5.74) is 2.21. The van der Waals surface area contributed by atoms with Crippen LogP contribution in [0.5, 0.6) is 5.88 Å². The standard InChI is InChI=1S/C15H16Cl2N2O/c1-10(12-3-4-13(16)14(17)8-12)19-9-11-5-6-18-15(7-11)20-2/h3-8,10,19H,9H2,1-2H3. The van der Waals surface area contributed by atoms with Gasteiger partial charge in [0, 0.05) is 24.8 Å². The maximum absolute atomic E-state index is 6.03. The van der Waals surface area contributed by atoms with Gasteiger partial charge >= 0.3 is 0 Å². The first kappa shape index (κ1) is 15.1. The Morgan fingerprint density at radius 3 is 2.70 bits per heavy atom. The lowest BCUT2D eigenvalue weighted by atomic mass is 10.1. The normalized spacial score (nSPS) is 12.2. The van der Waals surface area contributed by atoms with Gasteiger partial charge in [-0.2, -0.15) is 0 Å². The minimum absolute atomic E-state index is 0.170. The van der Waals surface area contributed by atoms with E-state index >= 15 is 0 Å². The van der Waals surface area contributed by atoms with Gasteiger partial charge in [-0.15, -0.1) is 0 Å². The van der Waals surface area contributed by atoms with Crippen molar-refractivity contribution in [2.75, 3.05) is 7.11 Å². The third-order valence-electron chi connectivity index (χ3n) is 3.06. The lowest BCUT2D eigenvalue weighted by Gasteiger charge is -2.15. The number of halogens is 2. The molecule has 5 heteroatoms. The topological polar surface area (TPSA) is 34.1 Å². The highest BCUT2D eigenvalue weighted by atomic mass is 35.5. The van der Waals surface area contributed by atoms with Crippen molar-refractivity contribution >= 4 is 23.2 Å². The molecule has 2 rings (SSSR count). The molecule has 20 heavy (non-hydrogen) atoms. The summed E-state index contributed by atoms with van der Waals surface area (Å²) in [5.74, 6) is 0.617. The fourth-order valence-electron chi connectivity index (χ4n) is 1.84. The van der Waals surface area contributed by atoms with Crippen LogP contribution in [0.4, 0.5) is 0 Å². The summed E-state index contributed by atoms with van der Waals surface area (Å²) in [6, 6.07) is 9.70. The minimum Gasteiger partial charge on any atom is -0.481 e. The zero-order valence-corrected chi connectivity index (χ0v) is 12.9. The van der Waals surface area contributed by atoms with Crippen LogP contribution in [0, 0.1) is 0 Å². The van der Waals surface area contributed by atoms with Crippen LogP contribution < -0.4 is 10.1 Å². The molecule has 1 heterocycles. The van der Waals surface area contributed by atoms with Gasteiger partial charge in [0.15, 0.2) is 0 Å². The molecule has 0 bridgehead atoms. The summed E-state index contributed by atoms with van der Waals surface area (Å²) in [4.78, 5) is 4.08. The van der Waals surface area contributed by atoms with Crippen LogP contribution >= 0.6 is 23.2 Å². The lowest BCUT2D eigenvalue weighted by molar-refractivity contribution is 0.397. The predicted molar refractivity (Wildman–Crippen MR) is 82.5 cm³/mol. The van der Waals surface area contributed by atoms with Crippen molar-refractivity contribution in [3.8, 4) is 5.88 Å². The van der Waals surface area contributed by atoms with E-state index < -0.39 is 0 Å². The van der Waals surface area contributed by atoms with Gasteiger partial charge in [-0.05, 0) is 36.2 Å². The van der Waals surface area contributed by atoms with E-state index in [0.29, 0.717) is 15.9 Å². The van der Waals surface area contributed by atoms with Crippen molar-refractivity contribution in [1.82, 2.24) is 10.3 Å². The lowest BCUT2D eigenvalue weighted by Crippen LogP contribution is -2.18. The molecule has 106 valence electrons. The predicted octanol–water partition coefficient (Wildman–Crippen LogP) is 4.25. The highest BCUT2D eigenvalue weighted by Gasteiger charge is 2.07. The Kier molecular flexibility index (Phi) is 5.24. The van der Waals surface area contributed by atoms with Crippen LogP contribution in [0.15, 0.2) is 36.5 Å². The van der Waals surface area contributed by atoms with E-state index in [1.165, 1.54) is 0 Å². The number of benzene rings is 1. The maximum Gasteiger partial charge on any atom is 0.213 e. The maximum atomic E-state index is 6.03. The highest BCUT2D eigenvalue weighted by Crippen LogP contribution is 2.25. The van der Waals surface area contributed by atoms with Crippen LogP contribution in [0.25, 0.3) is 0 Å². The summed E-state index contributed by atoms with van der Waals surface area (Å²) in [7, 11) is 1.61.